The number of nitrogens with zero attached hydrogens (tertiary/aromatic N) is 4. The van der Waals surface area contributed by atoms with E-state index in [1.807, 2.05) is 0 Å². The van der Waals surface area contributed by atoms with Gasteiger partial charge in [0.05, 0.1) is 29.0 Å². The summed E-state index contributed by atoms with van der Waals surface area (Å²) in [5.41, 5.74) is 2.30. The normalized spacial score (nSPS) is 13.5. The van der Waals surface area contributed by atoms with Crippen molar-refractivity contribution in [3.8, 4) is 28.9 Å². The minimum absolute atomic E-state index is 0.0561. The van der Waals surface area contributed by atoms with Gasteiger partial charge in [-0.1, -0.05) is 18.6 Å². The number of benzene rings is 1. The van der Waals surface area contributed by atoms with Gasteiger partial charge in [-0.3, -0.25) is 4.79 Å². The monoisotopic (exact) mass is 373 g/mol. The van der Waals surface area contributed by atoms with Crippen LogP contribution < -0.4 is 5.32 Å². The van der Waals surface area contributed by atoms with Crippen molar-refractivity contribution in [1.29, 1.82) is 5.26 Å². The Balaban J connectivity index is 1.50. The molecule has 0 atom stereocenters. The lowest BCUT2D eigenvalue weighted by Gasteiger charge is -2.25. The van der Waals surface area contributed by atoms with E-state index in [2.05, 4.69) is 21.5 Å². The zero-order valence-corrected chi connectivity index (χ0v) is 15.2. The lowest BCUT2D eigenvalue weighted by atomic mass is 9.85. The number of pyridine rings is 1. The van der Waals surface area contributed by atoms with E-state index in [4.69, 9.17) is 5.26 Å². The molecule has 2 heterocycles. The molecule has 28 heavy (non-hydrogen) atoms. The number of carbonyl (C=O) groups excluding carboxylic acids is 1. The van der Waals surface area contributed by atoms with E-state index < -0.39 is 0 Å². The van der Waals surface area contributed by atoms with Crippen LogP contribution >= 0.6 is 0 Å². The van der Waals surface area contributed by atoms with Gasteiger partial charge in [0.25, 0.3) is 5.91 Å². The zero-order chi connectivity index (χ0) is 19.5. The van der Waals surface area contributed by atoms with Crippen molar-refractivity contribution in [2.24, 2.45) is 5.92 Å². The highest BCUT2D eigenvalue weighted by molar-refractivity contribution is 5.93. The Labute approximate surface area is 162 Å². The molecule has 1 aliphatic rings. The maximum absolute atomic E-state index is 12.2. The predicted molar refractivity (Wildman–Crippen MR) is 103 cm³/mol. The summed E-state index contributed by atoms with van der Waals surface area (Å²) in [6, 6.07) is 12.2. The van der Waals surface area contributed by atoms with Gasteiger partial charge in [-0.15, -0.1) is 0 Å². The summed E-state index contributed by atoms with van der Waals surface area (Å²) >= 11 is 0. The quantitative estimate of drug-likeness (QED) is 0.715. The molecule has 2 N–H and O–H groups in total. The third kappa shape index (κ3) is 3.45. The fourth-order valence-electron chi connectivity index (χ4n) is 3.12. The Kier molecular flexibility index (Phi) is 4.77. The number of hydrogen-bond acceptors (Lipinski definition) is 5. The topological polar surface area (TPSA) is 104 Å². The Morgan fingerprint density at radius 1 is 1.21 bits per heavy atom. The van der Waals surface area contributed by atoms with E-state index in [0.29, 0.717) is 35.0 Å². The van der Waals surface area contributed by atoms with Crippen LogP contribution in [-0.4, -0.2) is 32.3 Å². The number of aromatic nitrogens is 3. The number of amides is 1. The largest absolute Gasteiger partial charge is 0.493 e. The average Bonchev–Trinajstić information content (AvgIpc) is 3.08. The number of carbonyl (C=O) groups is 1. The summed E-state index contributed by atoms with van der Waals surface area (Å²) in [4.78, 5) is 16.5. The lowest BCUT2D eigenvalue weighted by Crippen LogP contribution is -2.32. The maximum Gasteiger partial charge on any atom is 0.252 e. The van der Waals surface area contributed by atoms with Crippen molar-refractivity contribution in [3.05, 3.63) is 59.9 Å². The summed E-state index contributed by atoms with van der Waals surface area (Å²) in [6.45, 7) is 0.703. The molecule has 4 rings (SSSR count). The third-order valence-electron chi connectivity index (χ3n) is 5.07. The molecule has 0 radical (unpaired) electrons. The smallest absolute Gasteiger partial charge is 0.252 e. The van der Waals surface area contributed by atoms with Crippen LogP contribution in [0.5, 0.6) is 5.88 Å². The van der Waals surface area contributed by atoms with Crippen LogP contribution in [0, 0.1) is 17.2 Å². The summed E-state index contributed by atoms with van der Waals surface area (Å²) in [6.07, 6.45) is 6.62. The SMILES string of the molecule is N#Cc1ccc(-c2cnn(-c3ccc(C(=O)NCC4CCC4)cn3)c2O)cc1. The van der Waals surface area contributed by atoms with Crippen LogP contribution in [0.3, 0.4) is 0 Å². The predicted octanol–water partition coefficient (Wildman–Crippen LogP) is 3.04. The van der Waals surface area contributed by atoms with Gasteiger partial charge in [0.15, 0.2) is 5.82 Å². The average molecular weight is 373 g/mol. The second kappa shape index (κ2) is 7.53. The van der Waals surface area contributed by atoms with Gasteiger partial charge in [-0.05, 0) is 48.6 Å². The molecule has 0 unspecified atom stereocenters. The summed E-state index contributed by atoms with van der Waals surface area (Å²) in [5.74, 6) is 0.805. The van der Waals surface area contributed by atoms with Crippen molar-refractivity contribution < 1.29 is 9.90 Å². The summed E-state index contributed by atoms with van der Waals surface area (Å²) in [5, 5.41) is 26.6. The number of aromatic hydroxyl groups is 1. The molecule has 2 aromatic heterocycles. The number of nitriles is 1. The molecule has 0 bridgehead atoms. The molecule has 7 nitrogen and oxygen atoms in total. The van der Waals surface area contributed by atoms with Gasteiger partial charge >= 0.3 is 0 Å². The first-order chi connectivity index (χ1) is 13.7. The Hall–Kier alpha value is -3.66. The van der Waals surface area contributed by atoms with Gasteiger partial charge in [0.1, 0.15) is 0 Å². The Bertz CT molecular complexity index is 1030. The Morgan fingerprint density at radius 3 is 2.61 bits per heavy atom. The van der Waals surface area contributed by atoms with E-state index in [9.17, 15) is 9.90 Å². The highest BCUT2D eigenvalue weighted by Crippen LogP contribution is 2.30. The van der Waals surface area contributed by atoms with Crippen molar-refractivity contribution in [1.82, 2.24) is 20.1 Å². The van der Waals surface area contributed by atoms with Crippen LogP contribution in [0.25, 0.3) is 16.9 Å². The van der Waals surface area contributed by atoms with E-state index in [1.165, 1.54) is 36.3 Å². The van der Waals surface area contributed by atoms with Crippen molar-refractivity contribution in [2.75, 3.05) is 6.54 Å². The molecule has 3 aromatic rings. The molecule has 7 heteroatoms. The van der Waals surface area contributed by atoms with Gasteiger partial charge in [-0.25, -0.2) is 4.98 Å². The first kappa shape index (κ1) is 17.7. The van der Waals surface area contributed by atoms with Gasteiger partial charge in [0.2, 0.25) is 5.88 Å². The highest BCUT2D eigenvalue weighted by Gasteiger charge is 2.19. The van der Waals surface area contributed by atoms with Gasteiger partial charge in [0, 0.05) is 12.7 Å². The zero-order valence-electron chi connectivity index (χ0n) is 15.2. The van der Waals surface area contributed by atoms with Crippen LogP contribution in [0.4, 0.5) is 0 Å². The molecule has 140 valence electrons. The van der Waals surface area contributed by atoms with E-state index in [0.717, 1.165) is 5.56 Å². The Morgan fingerprint density at radius 2 is 2.00 bits per heavy atom. The molecule has 1 fully saturated rings. The molecule has 0 spiro atoms. The molecule has 1 aliphatic carbocycles. The molecular weight excluding hydrogens is 354 g/mol. The molecular formula is C21H19N5O2. The van der Waals surface area contributed by atoms with E-state index >= 15 is 0 Å². The third-order valence-corrected chi connectivity index (χ3v) is 5.07. The second-order valence-corrected chi connectivity index (χ2v) is 6.89. The maximum atomic E-state index is 12.2. The van der Waals surface area contributed by atoms with E-state index in [-0.39, 0.29) is 11.8 Å². The number of hydrogen-bond donors (Lipinski definition) is 2. The van der Waals surface area contributed by atoms with Crippen LogP contribution in [-0.2, 0) is 0 Å². The molecule has 1 aromatic carbocycles. The minimum Gasteiger partial charge on any atom is -0.493 e. The van der Waals surface area contributed by atoms with Crippen molar-refractivity contribution in [3.63, 3.8) is 0 Å². The van der Waals surface area contributed by atoms with Crippen LogP contribution in [0.2, 0.25) is 0 Å². The lowest BCUT2D eigenvalue weighted by molar-refractivity contribution is 0.0938. The molecule has 0 aliphatic heterocycles. The number of nitrogens with one attached hydrogen (secondary N) is 1. The van der Waals surface area contributed by atoms with Crippen molar-refractivity contribution >= 4 is 5.91 Å². The molecule has 1 amide bonds. The minimum atomic E-state index is -0.145. The highest BCUT2D eigenvalue weighted by atomic mass is 16.3. The molecule has 0 saturated heterocycles. The van der Waals surface area contributed by atoms with Crippen LogP contribution in [0.1, 0.15) is 35.2 Å². The van der Waals surface area contributed by atoms with Gasteiger partial charge in [-0.2, -0.15) is 15.0 Å². The summed E-state index contributed by atoms with van der Waals surface area (Å²) in [7, 11) is 0. The fourth-order valence-corrected chi connectivity index (χ4v) is 3.12. The van der Waals surface area contributed by atoms with E-state index in [1.54, 1.807) is 36.4 Å². The van der Waals surface area contributed by atoms with Crippen molar-refractivity contribution in [2.45, 2.75) is 19.3 Å². The van der Waals surface area contributed by atoms with Crippen LogP contribution in [0.15, 0.2) is 48.8 Å². The summed E-state index contributed by atoms with van der Waals surface area (Å²) < 4.78 is 1.31. The first-order valence-electron chi connectivity index (χ1n) is 9.18. The molecule has 1 saturated carbocycles. The second-order valence-electron chi connectivity index (χ2n) is 6.89. The fraction of sp³-hybridized carbons (Fsp3) is 0.238. The standard InChI is InChI=1S/C21H19N5O2/c22-10-14-4-6-16(7-5-14)18-13-25-26(21(18)28)19-9-8-17(12-23-19)20(27)24-11-15-2-1-3-15/h4-9,12-13,15,28H,1-3,11H2,(H,24,27). The first-order valence-corrected chi connectivity index (χ1v) is 9.18. The van der Waals surface area contributed by atoms with Gasteiger partial charge < -0.3 is 10.4 Å². The number of rotatable bonds is 5.